The summed E-state index contributed by atoms with van der Waals surface area (Å²) in [6, 6.07) is 12.2. The molecule has 10 heteroatoms. The number of benzene rings is 2. The van der Waals surface area contributed by atoms with Crippen LogP contribution in [-0.2, 0) is 4.79 Å². The fraction of sp³-hybridized carbons (Fsp3) is 0.292. The van der Waals surface area contributed by atoms with Gasteiger partial charge >= 0.3 is 17.0 Å². The van der Waals surface area contributed by atoms with Crippen LogP contribution in [0.4, 0.5) is 13.2 Å². The van der Waals surface area contributed by atoms with Crippen molar-refractivity contribution in [2.75, 3.05) is 6.54 Å². The molecule has 1 aliphatic heterocycles. The van der Waals surface area contributed by atoms with Gasteiger partial charge in [0, 0.05) is 40.8 Å². The van der Waals surface area contributed by atoms with Gasteiger partial charge < -0.3 is 9.64 Å². The highest BCUT2D eigenvalue weighted by Gasteiger charge is 2.43. The van der Waals surface area contributed by atoms with Crippen LogP contribution in [0.5, 0.6) is 11.5 Å². The number of hydrogen-bond donors (Lipinski definition) is 1. The average Bonchev–Trinajstić information content (AvgIpc) is 3.25. The molecule has 1 amide bonds. The summed E-state index contributed by atoms with van der Waals surface area (Å²) in [6.07, 6.45) is -2.43. The number of hydrogen-bond acceptors (Lipinski definition) is 5. The minimum atomic E-state index is -4.92. The standard InChI is InChI=1S/C24H22F3N3O3S/c1-3-15(30(4-2)22(31)24(25,26)27)10-12-16-17-7-5-6-8-19(17)33-20-13-14(9-11-18(16)20)21-28-23(32)34-29-21/h5-9,11-13,15H,3-4,10H2,1-2H3,(H,28,29,32)/b16-12-. The van der Waals surface area contributed by atoms with E-state index in [0.717, 1.165) is 33.1 Å². The first kappa shape index (κ1) is 23.7. The quantitative estimate of drug-likeness (QED) is 0.382. The van der Waals surface area contributed by atoms with E-state index in [1.807, 2.05) is 36.4 Å². The highest BCUT2D eigenvalue weighted by Crippen LogP contribution is 2.45. The summed E-state index contributed by atoms with van der Waals surface area (Å²) in [6.45, 7) is 3.27. The van der Waals surface area contributed by atoms with Crippen molar-refractivity contribution in [2.24, 2.45) is 0 Å². The molecule has 0 saturated carbocycles. The van der Waals surface area contributed by atoms with E-state index in [1.165, 1.54) is 0 Å². The van der Waals surface area contributed by atoms with Crippen molar-refractivity contribution < 1.29 is 22.7 Å². The Labute approximate surface area is 197 Å². The van der Waals surface area contributed by atoms with Crippen molar-refractivity contribution in [1.29, 1.82) is 0 Å². The van der Waals surface area contributed by atoms with E-state index in [1.54, 1.807) is 26.0 Å². The Kier molecular flexibility index (Phi) is 6.60. The summed E-state index contributed by atoms with van der Waals surface area (Å²) in [5.74, 6) is -0.240. The largest absolute Gasteiger partial charge is 0.471 e. The van der Waals surface area contributed by atoms with E-state index in [2.05, 4.69) is 9.36 Å². The number of aromatic amines is 1. The van der Waals surface area contributed by atoms with Gasteiger partial charge in [-0.05, 0) is 43.5 Å². The third-order valence-electron chi connectivity index (χ3n) is 5.73. The maximum atomic E-state index is 13.1. The van der Waals surface area contributed by atoms with Gasteiger partial charge in [0.15, 0.2) is 5.82 Å². The van der Waals surface area contributed by atoms with Gasteiger partial charge in [-0.1, -0.05) is 37.3 Å². The Morgan fingerprint density at radius 3 is 2.56 bits per heavy atom. The number of carbonyl (C=O) groups excluding carboxylic acids is 1. The van der Waals surface area contributed by atoms with Crippen LogP contribution in [0.15, 0.2) is 53.3 Å². The number of nitrogens with zero attached hydrogens (tertiary/aromatic N) is 2. The predicted octanol–water partition coefficient (Wildman–Crippen LogP) is 5.62. The molecular weight excluding hydrogens is 467 g/mol. The van der Waals surface area contributed by atoms with Crippen molar-refractivity contribution in [3.63, 3.8) is 0 Å². The number of fused-ring (bicyclic) bond motifs is 2. The second-order valence-corrected chi connectivity index (χ2v) is 8.49. The van der Waals surface area contributed by atoms with Crippen molar-refractivity contribution in [2.45, 2.75) is 38.9 Å². The lowest BCUT2D eigenvalue weighted by atomic mass is 9.91. The average molecular weight is 490 g/mol. The van der Waals surface area contributed by atoms with Gasteiger partial charge in [-0.25, -0.2) is 0 Å². The van der Waals surface area contributed by atoms with Crippen molar-refractivity contribution in [3.8, 4) is 22.9 Å². The molecule has 1 N–H and O–H groups in total. The summed E-state index contributed by atoms with van der Waals surface area (Å²) in [7, 11) is 0. The Morgan fingerprint density at radius 1 is 1.18 bits per heavy atom. The van der Waals surface area contributed by atoms with Crippen molar-refractivity contribution in [1.82, 2.24) is 14.3 Å². The molecule has 0 radical (unpaired) electrons. The Hall–Kier alpha value is -3.40. The van der Waals surface area contributed by atoms with E-state index >= 15 is 0 Å². The van der Waals surface area contributed by atoms with Crippen LogP contribution in [0, 0.1) is 0 Å². The van der Waals surface area contributed by atoms with Gasteiger partial charge in [0.1, 0.15) is 11.5 Å². The zero-order chi connectivity index (χ0) is 24.5. The van der Waals surface area contributed by atoms with E-state index in [9.17, 15) is 22.8 Å². The highest BCUT2D eigenvalue weighted by atomic mass is 32.1. The number of nitrogens with one attached hydrogen (secondary N) is 1. The molecule has 1 aliphatic rings. The molecular formula is C24H22F3N3O3S. The first-order valence-corrected chi connectivity index (χ1v) is 11.6. The third-order valence-corrected chi connectivity index (χ3v) is 6.27. The number of aromatic nitrogens is 2. The molecule has 4 rings (SSSR count). The third kappa shape index (κ3) is 4.63. The first-order chi connectivity index (χ1) is 16.2. The lowest BCUT2D eigenvalue weighted by molar-refractivity contribution is -0.187. The van der Waals surface area contributed by atoms with Gasteiger partial charge in [-0.15, -0.1) is 0 Å². The fourth-order valence-corrected chi connectivity index (χ4v) is 4.56. The van der Waals surface area contributed by atoms with E-state index in [-0.39, 0.29) is 17.8 Å². The zero-order valence-electron chi connectivity index (χ0n) is 18.5. The number of rotatable bonds is 6. The summed E-state index contributed by atoms with van der Waals surface area (Å²) in [5, 5.41) is 0. The van der Waals surface area contributed by atoms with E-state index < -0.39 is 18.1 Å². The predicted molar refractivity (Wildman–Crippen MR) is 124 cm³/mol. The number of para-hydroxylation sites is 1. The summed E-state index contributed by atoms with van der Waals surface area (Å²) >= 11 is 0.823. The number of alkyl halides is 3. The van der Waals surface area contributed by atoms with E-state index in [0.29, 0.717) is 29.3 Å². The Bertz CT molecular complexity index is 1300. The lowest BCUT2D eigenvalue weighted by Gasteiger charge is -2.31. The van der Waals surface area contributed by atoms with Crippen LogP contribution in [0.1, 0.15) is 37.8 Å². The fourth-order valence-electron chi connectivity index (χ4n) is 4.09. The van der Waals surface area contributed by atoms with Gasteiger partial charge in [0.2, 0.25) is 0 Å². The zero-order valence-corrected chi connectivity index (χ0v) is 19.3. The second-order valence-electron chi connectivity index (χ2n) is 7.76. The first-order valence-electron chi connectivity index (χ1n) is 10.8. The number of halogens is 3. The number of H-pyrrole nitrogens is 1. The van der Waals surface area contributed by atoms with Crippen LogP contribution in [0.2, 0.25) is 0 Å². The Morgan fingerprint density at radius 2 is 1.91 bits per heavy atom. The SMILES string of the molecule is CCC(C/C=C1/c2ccccc2Oc2cc(-c3nsc(=O)[nH]3)ccc21)N(CC)C(=O)C(F)(F)F. The molecule has 2 aromatic carbocycles. The van der Waals surface area contributed by atoms with Crippen LogP contribution < -0.4 is 9.61 Å². The minimum absolute atomic E-state index is 0.0362. The molecule has 0 fully saturated rings. The normalized spacial score (nSPS) is 14.8. The molecule has 1 atom stereocenters. The minimum Gasteiger partial charge on any atom is -0.456 e. The molecule has 34 heavy (non-hydrogen) atoms. The topological polar surface area (TPSA) is 75.3 Å². The number of carbonyl (C=O) groups is 1. The summed E-state index contributed by atoms with van der Waals surface area (Å²) in [5.41, 5.74) is 3.06. The molecule has 3 aromatic rings. The molecule has 0 saturated heterocycles. The maximum absolute atomic E-state index is 13.1. The molecule has 0 aliphatic carbocycles. The highest BCUT2D eigenvalue weighted by molar-refractivity contribution is 7.03. The maximum Gasteiger partial charge on any atom is 0.471 e. The smallest absolute Gasteiger partial charge is 0.456 e. The van der Waals surface area contributed by atoms with Gasteiger partial charge in [-0.2, -0.15) is 17.5 Å². The van der Waals surface area contributed by atoms with Gasteiger partial charge in [-0.3, -0.25) is 14.6 Å². The number of ether oxygens (including phenoxy) is 1. The Balaban J connectivity index is 1.72. The van der Waals surface area contributed by atoms with Gasteiger partial charge in [0.25, 0.3) is 0 Å². The molecule has 0 spiro atoms. The van der Waals surface area contributed by atoms with Crippen molar-refractivity contribution >= 4 is 23.0 Å². The lowest BCUT2D eigenvalue weighted by Crippen LogP contribution is -2.46. The molecule has 178 valence electrons. The molecule has 6 nitrogen and oxygen atoms in total. The number of amides is 1. The van der Waals surface area contributed by atoms with Crippen LogP contribution in [0.3, 0.4) is 0 Å². The van der Waals surface area contributed by atoms with Gasteiger partial charge in [0.05, 0.1) is 0 Å². The monoisotopic (exact) mass is 489 g/mol. The molecule has 2 heterocycles. The molecule has 1 unspecified atom stereocenters. The molecule has 0 bridgehead atoms. The van der Waals surface area contributed by atoms with Crippen molar-refractivity contribution in [3.05, 3.63) is 69.3 Å². The molecule has 1 aromatic heterocycles. The summed E-state index contributed by atoms with van der Waals surface area (Å²) in [4.78, 5) is 26.7. The van der Waals surface area contributed by atoms with Crippen LogP contribution in [-0.4, -0.2) is 38.9 Å². The van der Waals surface area contributed by atoms with Crippen LogP contribution >= 0.6 is 11.5 Å². The van der Waals surface area contributed by atoms with Crippen LogP contribution in [0.25, 0.3) is 17.0 Å². The summed E-state index contributed by atoms with van der Waals surface area (Å²) < 4.78 is 49.5. The second kappa shape index (κ2) is 9.46. The van der Waals surface area contributed by atoms with E-state index in [4.69, 9.17) is 4.74 Å².